The van der Waals surface area contributed by atoms with E-state index in [1.807, 2.05) is 33.3 Å². The Bertz CT molecular complexity index is 1410. The number of nitrogens with one attached hydrogen (secondary N) is 2. The molecule has 0 radical (unpaired) electrons. The van der Waals surface area contributed by atoms with E-state index >= 15 is 0 Å². The molecular weight excluding hydrogens is 480 g/mol. The minimum absolute atomic E-state index is 0.140. The van der Waals surface area contributed by atoms with Crippen molar-refractivity contribution in [3.05, 3.63) is 48.3 Å². The predicted molar refractivity (Wildman–Crippen MR) is 137 cm³/mol. The topological polar surface area (TPSA) is 119 Å². The van der Waals surface area contributed by atoms with Crippen LogP contribution in [0.15, 0.2) is 37.1 Å². The van der Waals surface area contributed by atoms with Gasteiger partial charge in [-0.3, -0.25) is 24.2 Å². The molecule has 1 fully saturated rings. The Balaban J connectivity index is 1.29. The number of morpholine rings is 1. The van der Waals surface area contributed by atoms with Crippen LogP contribution in [0.3, 0.4) is 0 Å². The van der Waals surface area contributed by atoms with Gasteiger partial charge in [0.15, 0.2) is 0 Å². The maximum atomic E-state index is 13.2. The van der Waals surface area contributed by atoms with Crippen molar-refractivity contribution >= 4 is 39.4 Å². The van der Waals surface area contributed by atoms with Crippen molar-refractivity contribution in [2.75, 3.05) is 30.4 Å². The molecule has 1 saturated heterocycles. The van der Waals surface area contributed by atoms with E-state index in [1.54, 1.807) is 40.8 Å². The van der Waals surface area contributed by atoms with Crippen LogP contribution < -0.4 is 10.6 Å². The lowest BCUT2D eigenvalue weighted by atomic mass is 10.1. The summed E-state index contributed by atoms with van der Waals surface area (Å²) in [4.78, 5) is 34.0. The summed E-state index contributed by atoms with van der Waals surface area (Å²) in [6, 6.07) is 2.05. The highest BCUT2D eigenvalue weighted by molar-refractivity contribution is 7.21. The van der Waals surface area contributed by atoms with E-state index in [0.29, 0.717) is 35.8 Å². The second-order valence-corrected chi connectivity index (χ2v) is 10.1. The van der Waals surface area contributed by atoms with Gasteiger partial charge in [0.2, 0.25) is 5.91 Å². The van der Waals surface area contributed by atoms with Gasteiger partial charge in [0, 0.05) is 37.1 Å². The third-order valence-electron chi connectivity index (χ3n) is 6.23. The fraction of sp³-hybridized carbons (Fsp3) is 0.375. The first-order valence-electron chi connectivity index (χ1n) is 11.7. The third-order valence-corrected chi connectivity index (χ3v) is 7.39. The lowest BCUT2D eigenvalue weighted by Gasteiger charge is -2.38. The molecule has 2 N–H and O–H groups in total. The van der Waals surface area contributed by atoms with Gasteiger partial charge in [-0.25, -0.2) is 4.52 Å². The van der Waals surface area contributed by atoms with Crippen LogP contribution in [-0.2, 0) is 16.6 Å². The zero-order valence-corrected chi connectivity index (χ0v) is 21.4. The fourth-order valence-corrected chi connectivity index (χ4v) is 5.29. The van der Waals surface area contributed by atoms with E-state index in [2.05, 4.69) is 30.7 Å². The molecule has 2 amide bonds. The number of aromatic nitrogens is 5. The molecule has 36 heavy (non-hydrogen) atoms. The van der Waals surface area contributed by atoms with Crippen molar-refractivity contribution in [1.29, 1.82) is 0 Å². The van der Waals surface area contributed by atoms with Crippen molar-refractivity contribution < 1.29 is 14.3 Å². The summed E-state index contributed by atoms with van der Waals surface area (Å²) in [5.41, 5.74) is 3.10. The average molecular weight is 509 g/mol. The molecule has 0 aromatic carbocycles. The highest BCUT2D eigenvalue weighted by Gasteiger charge is 2.27. The van der Waals surface area contributed by atoms with Crippen LogP contribution in [0.2, 0.25) is 0 Å². The number of aryl methyl sites for hydroxylation is 2. The molecule has 1 aliphatic rings. The molecule has 0 spiro atoms. The number of pyridine rings is 1. The number of ether oxygens (including phenoxy) is 1. The monoisotopic (exact) mass is 508 g/mol. The number of hydrogen-bond donors (Lipinski definition) is 2. The standard InChI is InChI=1S/C24H28N8O3S/c1-14-12-35-13-15(2)31(14)11-22(33)28-18-5-20(16(3)25-7-18)29-23(34)19-8-27-32-10-21(36-24(19)32)17-6-26-30(4)9-17/h5-10,14-15H,11-13H2,1-4H3,(H,28,33)(H,29,34)/t14-,15-/m1/s1. The van der Waals surface area contributed by atoms with Gasteiger partial charge in [0.1, 0.15) is 4.83 Å². The van der Waals surface area contributed by atoms with Gasteiger partial charge in [-0.1, -0.05) is 0 Å². The number of rotatable bonds is 6. The molecule has 0 unspecified atom stereocenters. The van der Waals surface area contributed by atoms with Crippen molar-refractivity contribution in [3.8, 4) is 10.4 Å². The van der Waals surface area contributed by atoms with Gasteiger partial charge in [-0.05, 0) is 26.8 Å². The lowest BCUT2D eigenvalue weighted by molar-refractivity contribution is -0.121. The molecule has 0 bridgehead atoms. The molecule has 12 heteroatoms. The van der Waals surface area contributed by atoms with E-state index in [0.717, 1.165) is 15.3 Å². The molecule has 188 valence electrons. The van der Waals surface area contributed by atoms with Crippen molar-refractivity contribution in [3.63, 3.8) is 0 Å². The Morgan fingerprint density at radius 2 is 1.89 bits per heavy atom. The summed E-state index contributed by atoms with van der Waals surface area (Å²) in [6.07, 6.45) is 8.72. The zero-order valence-electron chi connectivity index (χ0n) is 20.6. The minimum atomic E-state index is -0.297. The van der Waals surface area contributed by atoms with Crippen LogP contribution in [0, 0.1) is 6.92 Å². The molecule has 1 aliphatic heterocycles. The molecule has 5 rings (SSSR count). The molecule has 2 atom stereocenters. The molecule has 0 saturated carbocycles. The first-order chi connectivity index (χ1) is 17.3. The van der Waals surface area contributed by atoms with E-state index in [9.17, 15) is 9.59 Å². The van der Waals surface area contributed by atoms with Crippen molar-refractivity contribution in [1.82, 2.24) is 29.3 Å². The second-order valence-electron chi connectivity index (χ2n) is 9.07. The number of hydrogen-bond acceptors (Lipinski definition) is 8. The smallest absolute Gasteiger partial charge is 0.260 e. The van der Waals surface area contributed by atoms with Gasteiger partial charge >= 0.3 is 0 Å². The number of carbonyl (C=O) groups excluding carboxylic acids is 2. The van der Waals surface area contributed by atoms with Crippen LogP contribution in [0.4, 0.5) is 11.4 Å². The van der Waals surface area contributed by atoms with Crippen molar-refractivity contribution in [2.24, 2.45) is 7.05 Å². The number of anilines is 2. The molecule has 5 heterocycles. The molecule has 11 nitrogen and oxygen atoms in total. The highest BCUT2D eigenvalue weighted by Crippen LogP contribution is 2.30. The number of amides is 2. The van der Waals surface area contributed by atoms with Crippen LogP contribution in [0.5, 0.6) is 0 Å². The van der Waals surface area contributed by atoms with Gasteiger partial charge < -0.3 is 15.4 Å². The fourth-order valence-electron chi connectivity index (χ4n) is 4.25. The Morgan fingerprint density at radius 3 is 2.61 bits per heavy atom. The Labute approximate surface area is 212 Å². The van der Waals surface area contributed by atoms with Crippen molar-refractivity contribution in [2.45, 2.75) is 32.9 Å². The Hall–Kier alpha value is -3.61. The SMILES string of the molecule is Cc1ncc(NC(=O)CN2[C@H](C)COC[C@H]2C)cc1NC(=O)c1cnn2cc(-c3cnn(C)c3)sc12. The summed E-state index contributed by atoms with van der Waals surface area (Å²) in [5.74, 6) is -0.438. The number of thiazole rings is 1. The normalized spacial score (nSPS) is 18.4. The van der Waals surface area contributed by atoms with Crippen LogP contribution >= 0.6 is 11.3 Å². The van der Waals surface area contributed by atoms with Gasteiger partial charge in [0.05, 0.1) is 65.9 Å². The van der Waals surface area contributed by atoms with Crippen LogP contribution in [0.1, 0.15) is 29.9 Å². The van der Waals surface area contributed by atoms with Gasteiger partial charge in [-0.15, -0.1) is 11.3 Å². The summed E-state index contributed by atoms with van der Waals surface area (Å²) in [6.45, 7) is 7.37. The first-order valence-corrected chi connectivity index (χ1v) is 12.5. The zero-order chi connectivity index (χ0) is 25.4. The minimum Gasteiger partial charge on any atom is -0.378 e. The number of carbonyl (C=O) groups is 2. The largest absolute Gasteiger partial charge is 0.378 e. The first kappa shape index (κ1) is 24.1. The molecular formula is C24H28N8O3S. The number of fused-ring (bicyclic) bond motifs is 1. The molecule has 4 aromatic rings. The lowest BCUT2D eigenvalue weighted by Crippen LogP contribution is -2.52. The maximum Gasteiger partial charge on any atom is 0.260 e. The van der Waals surface area contributed by atoms with E-state index < -0.39 is 0 Å². The quantitative estimate of drug-likeness (QED) is 0.411. The third kappa shape index (κ3) is 4.87. The summed E-state index contributed by atoms with van der Waals surface area (Å²) in [7, 11) is 1.86. The van der Waals surface area contributed by atoms with E-state index in [1.165, 1.54) is 11.3 Å². The summed E-state index contributed by atoms with van der Waals surface area (Å²) in [5, 5.41) is 14.4. The number of nitrogens with zero attached hydrogens (tertiary/aromatic N) is 6. The van der Waals surface area contributed by atoms with E-state index in [4.69, 9.17) is 4.74 Å². The molecule has 4 aromatic heterocycles. The van der Waals surface area contributed by atoms with Crippen LogP contribution in [-0.4, -0.2) is 72.9 Å². The van der Waals surface area contributed by atoms with E-state index in [-0.39, 0.29) is 30.4 Å². The predicted octanol–water partition coefficient (Wildman–Crippen LogP) is 2.80. The summed E-state index contributed by atoms with van der Waals surface area (Å²) >= 11 is 1.47. The second kappa shape index (κ2) is 9.80. The highest BCUT2D eigenvalue weighted by atomic mass is 32.1. The van der Waals surface area contributed by atoms with Gasteiger partial charge in [0.25, 0.3) is 5.91 Å². The molecule has 0 aliphatic carbocycles. The Morgan fingerprint density at radius 1 is 1.11 bits per heavy atom. The van der Waals surface area contributed by atoms with Gasteiger partial charge in [-0.2, -0.15) is 10.2 Å². The Kier molecular flexibility index (Phi) is 6.56. The van der Waals surface area contributed by atoms with Crippen LogP contribution in [0.25, 0.3) is 15.3 Å². The average Bonchev–Trinajstić information content (AvgIpc) is 3.54. The maximum absolute atomic E-state index is 13.2. The summed E-state index contributed by atoms with van der Waals surface area (Å²) < 4.78 is 8.96.